The minimum absolute atomic E-state index is 0.0000404. The van der Waals surface area contributed by atoms with Crippen molar-refractivity contribution in [3.05, 3.63) is 65.2 Å². The van der Waals surface area contributed by atoms with Gasteiger partial charge in [-0.1, -0.05) is 24.3 Å². The first-order valence-corrected chi connectivity index (χ1v) is 8.52. The molecule has 0 aliphatic carbocycles. The predicted octanol–water partition coefficient (Wildman–Crippen LogP) is 3.39. The number of amides is 3. The molecule has 0 bridgehead atoms. The predicted molar refractivity (Wildman–Crippen MR) is 98.3 cm³/mol. The lowest BCUT2D eigenvalue weighted by Gasteiger charge is -2.16. The number of hydrogen-bond acceptors (Lipinski definition) is 3. The second kappa shape index (κ2) is 7.70. The molecule has 1 saturated heterocycles. The third-order valence-electron chi connectivity index (χ3n) is 4.41. The zero-order chi connectivity index (χ0) is 18.5. The fourth-order valence-electron chi connectivity index (χ4n) is 3.02. The lowest BCUT2D eigenvalue weighted by molar-refractivity contribution is -0.119. The highest BCUT2D eigenvalue weighted by Gasteiger charge is 2.22. The van der Waals surface area contributed by atoms with Crippen LogP contribution in [0.1, 0.15) is 48.5 Å². The molecule has 0 radical (unpaired) electrons. The van der Waals surface area contributed by atoms with Crippen molar-refractivity contribution >= 4 is 17.6 Å². The first-order chi connectivity index (χ1) is 12.5. The smallest absolute Gasteiger partial charge is 0.319 e. The van der Waals surface area contributed by atoms with Crippen LogP contribution in [0.2, 0.25) is 0 Å². The van der Waals surface area contributed by atoms with Crippen LogP contribution in [-0.4, -0.2) is 11.9 Å². The van der Waals surface area contributed by atoms with Crippen LogP contribution in [0.3, 0.4) is 0 Å². The van der Waals surface area contributed by atoms with Gasteiger partial charge in [0, 0.05) is 12.1 Å². The monoisotopic (exact) mass is 348 g/mol. The zero-order valence-corrected chi connectivity index (χ0v) is 14.5. The minimum atomic E-state index is -0.326. The van der Waals surface area contributed by atoms with E-state index < -0.39 is 0 Å². The van der Waals surface area contributed by atoms with Gasteiger partial charge in [0.15, 0.2) is 0 Å². The summed E-state index contributed by atoms with van der Waals surface area (Å²) in [5.74, 6) is 0.0551. The largest absolute Gasteiger partial charge is 0.349 e. The third-order valence-corrected chi connectivity index (χ3v) is 4.41. The van der Waals surface area contributed by atoms with E-state index in [0.717, 1.165) is 17.5 Å². The first-order valence-electron chi connectivity index (χ1n) is 8.52. The summed E-state index contributed by atoms with van der Waals surface area (Å²) in [5, 5.41) is 17.6. The topological polar surface area (TPSA) is 94.0 Å². The molecule has 0 spiro atoms. The summed E-state index contributed by atoms with van der Waals surface area (Å²) in [7, 11) is 0. The Hall–Kier alpha value is -3.33. The van der Waals surface area contributed by atoms with Gasteiger partial charge in [-0.05, 0) is 48.7 Å². The molecule has 1 aliphatic rings. The molecule has 3 N–H and O–H groups in total. The number of benzene rings is 2. The van der Waals surface area contributed by atoms with E-state index in [1.54, 1.807) is 24.3 Å². The van der Waals surface area contributed by atoms with Crippen molar-refractivity contribution in [3.8, 4) is 6.07 Å². The molecule has 132 valence electrons. The van der Waals surface area contributed by atoms with Gasteiger partial charge in [-0.25, -0.2) is 4.79 Å². The van der Waals surface area contributed by atoms with Crippen molar-refractivity contribution in [1.82, 2.24) is 10.6 Å². The van der Waals surface area contributed by atoms with Crippen LogP contribution in [0.4, 0.5) is 10.5 Å². The Kier molecular flexibility index (Phi) is 5.18. The molecule has 0 saturated carbocycles. The van der Waals surface area contributed by atoms with Crippen LogP contribution in [0.25, 0.3) is 0 Å². The van der Waals surface area contributed by atoms with Gasteiger partial charge in [0.1, 0.15) is 0 Å². The van der Waals surface area contributed by atoms with E-state index in [1.165, 1.54) is 0 Å². The quantitative estimate of drug-likeness (QED) is 0.790. The van der Waals surface area contributed by atoms with Gasteiger partial charge in [-0.2, -0.15) is 5.26 Å². The maximum Gasteiger partial charge on any atom is 0.319 e. The Bertz CT molecular complexity index is 872. The van der Waals surface area contributed by atoms with Crippen LogP contribution in [0.15, 0.2) is 48.5 Å². The molecule has 1 fully saturated rings. The maximum absolute atomic E-state index is 12.3. The van der Waals surface area contributed by atoms with Gasteiger partial charge in [0.25, 0.3) is 0 Å². The number of urea groups is 1. The minimum Gasteiger partial charge on any atom is -0.349 e. The molecule has 1 aliphatic heterocycles. The van der Waals surface area contributed by atoms with Gasteiger partial charge < -0.3 is 16.0 Å². The standard InChI is InChI=1S/C20H20N4O2/c1-13(15-5-2-4-14(10-15)12-21)22-20(26)23-17-7-3-6-16(11-17)18-8-9-19(25)24-18/h2-7,10-11,13,18H,8-9H2,1H3,(H,24,25)(H2,22,23,26). The van der Waals surface area contributed by atoms with E-state index in [0.29, 0.717) is 17.7 Å². The van der Waals surface area contributed by atoms with E-state index in [9.17, 15) is 9.59 Å². The third kappa shape index (κ3) is 4.19. The summed E-state index contributed by atoms with van der Waals surface area (Å²) in [5.41, 5.74) is 3.06. The highest BCUT2D eigenvalue weighted by Crippen LogP contribution is 2.25. The molecular weight excluding hydrogens is 328 g/mol. The number of nitrogens with one attached hydrogen (secondary N) is 3. The van der Waals surface area contributed by atoms with E-state index in [1.807, 2.05) is 31.2 Å². The van der Waals surface area contributed by atoms with E-state index in [4.69, 9.17) is 5.26 Å². The molecule has 2 aromatic carbocycles. The lowest BCUT2D eigenvalue weighted by Crippen LogP contribution is -2.31. The van der Waals surface area contributed by atoms with Gasteiger partial charge in [0.05, 0.1) is 23.7 Å². The number of nitrogens with zero attached hydrogens (tertiary/aromatic N) is 1. The van der Waals surface area contributed by atoms with Gasteiger partial charge >= 0.3 is 6.03 Å². The lowest BCUT2D eigenvalue weighted by atomic mass is 10.0. The molecule has 3 rings (SSSR count). The summed E-state index contributed by atoms with van der Waals surface area (Å²) in [6.07, 6.45) is 1.29. The highest BCUT2D eigenvalue weighted by atomic mass is 16.2. The van der Waals surface area contributed by atoms with Crippen molar-refractivity contribution in [2.75, 3.05) is 5.32 Å². The number of carbonyl (C=O) groups excluding carboxylic acids is 2. The van der Waals surface area contributed by atoms with Gasteiger partial charge in [-0.3, -0.25) is 4.79 Å². The van der Waals surface area contributed by atoms with Crippen LogP contribution >= 0.6 is 0 Å². The molecular formula is C20H20N4O2. The number of rotatable bonds is 4. The Balaban J connectivity index is 1.62. The van der Waals surface area contributed by atoms with Crippen LogP contribution < -0.4 is 16.0 Å². The van der Waals surface area contributed by atoms with Crippen LogP contribution in [-0.2, 0) is 4.79 Å². The zero-order valence-electron chi connectivity index (χ0n) is 14.5. The Morgan fingerprint density at radius 2 is 2.08 bits per heavy atom. The molecule has 2 atom stereocenters. The number of nitriles is 1. The maximum atomic E-state index is 12.3. The Morgan fingerprint density at radius 3 is 2.81 bits per heavy atom. The second-order valence-electron chi connectivity index (χ2n) is 6.34. The van der Waals surface area contributed by atoms with Gasteiger partial charge in [-0.15, -0.1) is 0 Å². The summed E-state index contributed by atoms with van der Waals surface area (Å²) >= 11 is 0. The van der Waals surface area contributed by atoms with Crippen molar-refractivity contribution < 1.29 is 9.59 Å². The van der Waals surface area contributed by atoms with E-state index in [-0.39, 0.29) is 24.0 Å². The normalized spacial score (nSPS) is 17.1. The Labute approximate surface area is 152 Å². The average molecular weight is 348 g/mol. The molecule has 0 aromatic heterocycles. The average Bonchev–Trinajstić information content (AvgIpc) is 3.08. The van der Waals surface area contributed by atoms with Crippen molar-refractivity contribution in [2.45, 2.75) is 31.8 Å². The molecule has 26 heavy (non-hydrogen) atoms. The number of hydrogen-bond donors (Lipinski definition) is 3. The number of carbonyl (C=O) groups is 2. The summed E-state index contributed by atoms with van der Waals surface area (Å²) in [4.78, 5) is 23.7. The molecule has 3 amide bonds. The SMILES string of the molecule is CC(NC(=O)Nc1cccc(C2CCC(=O)N2)c1)c1cccc(C#N)c1. The van der Waals surface area contributed by atoms with E-state index in [2.05, 4.69) is 22.0 Å². The van der Waals surface area contributed by atoms with E-state index >= 15 is 0 Å². The number of anilines is 1. The first kappa shape index (κ1) is 17.5. The van der Waals surface area contributed by atoms with Crippen molar-refractivity contribution in [2.24, 2.45) is 0 Å². The molecule has 6 heteroatoms. The van der Waals surface area contributed by atoms with Gasteiger partial charge in [0.2, 0.25) is 5.91 Å². The molecule has 2 aromatic rings. The van der Waals surface area contributed by atoms with Crippen molar-refractivity contribution in [3.63, 3.8) is 0 Å². The van der Waals surface area contributed by atoms with Crippen LogP contribution in [0.5, 0.6) is 0 Å². The Morgan fingerprint density at radius 1 is 1.27 bits per heavy atom. The molecule has 1 heterocycles. The fourth-order valence-corrected chi connectivity index (χ4v) is 3.02. The second-order valence-corrected chi connectivity index (χ2v) is 6.34. The fraction of sp³-hybridized carbons (Fsp3) is 0.250. The summed E-state index contributed by atoms with van der Waals surface area (Å²) < 4.78 is 0. The molecule has 2 unspecified atom stereocenters. The molecule has 6 nitrogen and oxygen atoms in total. The summed E-state index contributed by atoms with van der Waals surface area (Å²) in [6, 6.07) is 16.2. The summed E-state index contributed by atoms with van der Waals surface area (Å²) in [6.45, 7) is 1.86. The highest BCUT2D eigenvalue weighted by molar-refractivity contribution is 5.89. The van der Waals surface area contributed by atoms with Crippen molar-refractivity contribution in [1.29, 1.82) is 5.26 Å². The van der Waals surface area contributed by atoms with Crippen LogP contribution in [0, 0.1) is 11.3 Å².